The molecule has 0 unspecified atom stereocenters. The Labute approximate surface area is 148 Å². The Balaban J connectivity index is 1.47. The number of fused-ring (bicyclic) bond motifs is 1. The predicted molar refractivity (Wildman–Crippen MR) is 94.1 cm³/mol. The average Bonchev–Trinajstić information content (AvgIpc) is 2.57. The molecule has 0 radical (unpaired) electrons. The molecular weight excluding hydrogens is 328 g/mol. The van der Waals surface area contributed by atoms with Crippen molar-refractivity contribution in [3.63, 3.8) is 0 Å². The van der Waals surface area contributed by atoms with Crippen LogP contribution in [0.1, 0.15) is 38.2 Å². The minimum atomic E-state index is -0.0857. The van der Waals surface area contributed by atoms with E-state index in [1.165, 1.54) is 19.3 Å². The molecule has 0 bridgehead atoms. The summed E-state index contributed by atoms with van der Waals surface area (Å²) in [5, 5.41) is 6.59. The van der Waals surface area contributed by atoms with E-state index in [4.69, 9.17) is 21.1 Å². The molecule has 2 amide bonds. The summed E-state index contributed by atoms with van der Waals surface area (Å²) >= 11 is 6.23. The first kappa shape index (κ1) is 17.2. The Hall–Kier alpha value is -1.62. The van der Waals surface area contributed by atoms with Crippen molar-refractivity contribution in [3.05, 3.63) is 22.7 Å². The molecule has 3 rings (SSSR count). The van der Waals surface area contributed by atoms with E-state index in [1.807, 2.05) is 12.1 Å². The summed E-state index contributed by atoms with van der Waals surface area (Å²) in [6.45, 7) is 3.82. The summed E-state index contributed by atoms with van der Waals surface area (Å²) in [6.07, 6.45) is 5.44. The van der Waals surface area contributed by atoms with E-state index < -0.39 is 0 Å². The van der Waals surface area contributed by atoms with Crippen molar-refractivity contribution >= 4 is 17.6 Å². The van der Waals surface area contributed by atoms with Crippen molar-refractivity contribution in [2.24, 2.45) is 5.92 Å². The number of carbonyl (C=O) groups is 1. The van der Waals surface area contributed by atoms with Crippen molar-refractivity contribution < 1.29 is 14.3 Å². The number of urea groups is 1. The molecule has 1 fully saturated rings. The number of hydrogen-bond donors (Lipinski definition) is 2. The molecule has 5 nitrogen and oxygen atoms in total. The summed E-state index contributed by atoms with van der Waals surface area (Å²) in [4.78, 5) is 12.1. The van der Waals surface area contributed by atoms with Gasteiger partial charge in [0, 0.05) is 12.6 Å². The highest BCUT2D eigenvalue weighted by molar-refractivity contribution is 6.32. The van der Waals surface area contributed by atoms with Crippen LogP contribution in [0.3, 0.4) is 0 Å². The maximum absolute atomic E-state index is 12.1. The molecule has 1 heterocycles. The van der Waals surface area contributed by atoms with E-state index in [0.29, 0.717) is 54.7 Å². The Morgan fingerprint density at radius 2 is 2.04 bits per heavy atom. The number of hydrogen-bond acceptors (Lipinski definition) is 3. The third kappa shape index (κ3) is 4.26. The average molecular weight is 353 g/mol. The number of benzene rings is 1. The zero-order valence-corrected chi connectivity index (χ0v) is 14.8. The molecular formula is C18H25ClN2O3. The lowest BCUT2D eigenvalue weighted by molar-refractivity contribution is 0.171. The molecule has 0 saturated heterocycles. The minimum absolute atomic E-state index is 0.0857. The summed E-state index contributed by atoms with van der Waals surface area (Å²) in [5.41, 5.74) is 1.02. The van der Waals surface area contributed by atoms with Crippen molar-refractivity contribution in [1.82, 2.24) is 10.6 Å². The standard InChI is InChI=1S/C18H25ClN2O3/c1-12-4-2-3-5-15(12)21-18(22)20-7-6-13-10-14(19)17-16(11-13)23-8-9-24-17/h10-12,15H,2-9H2,1H3,(H2,20,21,22)/t12-,15-/m0/s1. The number of halogens is 1. The van der Waals surface area contributed by atoms with Crippen molar-refractivity contribution in [1.29, 1.82) is 0 Å². The van der Waals surface area contributed by atoms with E-state index in [9.17, 15) is 4.79 Å². The van der Waals surface area contributed by atoms with Gasteiger partial charge in [0.1, 0.15) is 13.2 Å². The lowest BCUT2D eigenvalue weighted by Gasteiger charge is -2.29. The fourth-order valence-corrected chi connectivity index (χ4v) is 3.67. The van der Waals surface area contributed by atoms with Crippen LogP contribution < -0.4 is 20.1 Å². The van der Waals surface area contributed by atoms with Crippen molar-refractivity contribution in [2.75, 3.05) is 19.8 Å². The van der Waals surface area contributed by atoms with Gasteiger partial charge in [0.15, 0.2) is 11.5 Å². The molecule has 2 N–H and O–H groups in total. The van der Waals surface area contributed by atoms with E-state index in [0.717, 1.165) is 12.0 Å². The van der Waals surface area contributed by atoms with E-state index in [1.54, 1.807) is 0 Å². The second kappa shape index (κ2) is 7.97. The smallest absolute Gasteiger partial charge is 0.315 e. The minimum Gasteiger partial charge on any atom is -0.486 e. The maximum Gasteiger partial charge on any atom is 0.315 e. The Kier molecular flexibility index (Phi) is 5.72. The van der Waals surface area contributed by atoms with Gasteiger partial charge in [0.25, 0.3) is 0 Å². The molecule has 6 heteroatoms. The molecule has 0 aromatic heterocycles. The molecule has 1 aliphatic carbocycles. The lowest BCUT2D eigenvalue weighted by atomic mass is 9.86. The van der Waals surface area contributed by atoms with Gasteiger partial charge in [-0.25, -0.2) is 4.79 Å². The SMILES string of the molecule is C[C@H]1CCCC[C@@H]1NC(=O)NCCc1cc(Cl)c2c(c1)OCCO2. The molecule has 2 atom stereocenters. The highest BCUT2D eigenvalue weighted by Gasteiger charge is 2.22. The monoisotopic (exact) mass is 352 g/mol. The van der Waals surface area contributed by atoms with E-state index >= 15 is 0 Å². The molecule has 132 valence electrons. The van der Waals surface area contributed by atoms with Crippen LogP contribution in [0.15, 0.2) is 12.1 Å². The fraction of sp³-hybridized carbons (Fsp3) is 0.611. The molecule has 2 aliphatic rings. The largest absolute Gasteiger partial charge is 0.486 e. The first-order chi connectivity index (χ1) is 11.6. The van der Waals surface area contributed by atoms with Gasteiger partial charge in [0.05, 0.1) is 5.02 Å². The number of nitrogens with one attached hydrogen (secondary N) is 2. The summed E-state index contributed by atoms with van der Waals surface area (Å²) in [6, 6.07) is 4.01. The van der Waals surface area contributed by atoms with Gasteiger partial charge in [0.2, 0.25) is 0 Å². The molecule has 1 aliphatic heterocycles. The van der Waals surface area contributed by atoms with Crippen LogP contribution in [0.4, 0.5) is 4.79 Å². The molecule has 24 heavy (non-hydrogen) atoms. The highest BCUT2D eigenvalue weighted by Crippen LogP contribution is 2.38. The molecule has 1 saturated carbocycles. The van der Waals surface area contributed by atoms with Crippen LogP contribution in [-0.4, -0.2) is 31.8 Å². The molecule has 1 aromatic carbocycles. The van der Waals surface area contributed by atoms with Crippen LogP contribution in [-0.2, 0) is 6.42 Å². The van der Waals surface area contributed by atoms with Crippen LogP contribution in [0.25, 0.3) is 0 Å². The fourth-order valence-electron chi connectivity index (χ4n) is 3.38. The van der Waals surface area contributed by atoms with Crippen molar-refractivity contribution in [3.8, 4) is 11.5 Å². The second-order valence-corrected chi connectivity index (χ2v) is 7.03. The van der Waals surface area contributed by atoms with Crippen molar-refractivity contribution in [2.45, 2.75) is 45.1 Å². The quantitative estimate of drug-likeness (QED) is 0.871. The molecule has 0 spiro atoms. The Morgan fingerprint density at radius 3 is 2.88 bits per heavy atom. The first-order valence-corrected chi connectivity index (χ1v) is 9.13. The maximum atomic E-state index is 12.1. The van der Waals surface area contributed by atoms with Gasteiger partial charge in [-0.05, 0) is 42.9 Å². The number of ether oxygens (including phenoxy) is 2. The van der Waals surface area contributed by atoms with Crippen LogP contribution in [0, 0.1) is 5.92 Å². The Bertz CT molecular complexity index is 594. The van der Waals surface area contributed by atoms with Gasteiger partial charge in [-0.2, -0.15) is 0 Å². The number of rotatable bonds is 4. The number of carbonyl (C=O) groups excluding carboxylic acids is 1. The van der Waals surface area contributed by atoms with Gasteiger partial charge >= 0.3 is 6.03 Å². The summed E-state index contributed by atoms with van der Waals surface area (Å²) in [5.74, 6) is 1.86. The first-order valence-electron chi connectivity index (χ1n) is 8.76. The predicted octanol–water partition coefficient (Wildman–Crippen LogP) is 3.53. The van der Waals surface area contributed by atoms with E-state index in [-0.39, 0.29) is 6.03 Å². The van der Waals surface area contributed by atoms with Crippen LogP contribution >= 0.6 is 11.6 Å². The second-order valence-electron chi connectivity index (χ2n) is 6.62. The Morgan fingerprint density at radius 1 is 1.25 bits per heavy atom. The van der Waals surface area contributed by atoms with E-state index in [2.05, 4.69) is 17.6 Å². The number of amides is 2. The van der Waals surface area contributed by atoms with Gasteiger partial charge in [-0.1, -0.05) is 31.4 Å². The molecule has 1 aromatic rings. The third-order valence-electron chi connectivity index (χ3n) is 4.78. The summed E-state index contributed by atoms with van der Waals surface area (Å²) < 4.78 is 11.1. The topological polar surface area (TPSA) is 59.6 Å². The lowest BCUT2D eigenvalue weighted by Crippen LogP contribution is -2.46. The van der Waals surface area contributed by atoms with Crippen LogP contribution in [0.5, 0.6) is 11.5 Å². The zero-order chi connectivity index (χ0) is 16.9. The van der Waals surface area contributed by atoms with Gasteiger partial charge in [-0.15, -0.1) is 0 Å². The van der Waals surface area contributed by atoms with Gasteiger partial charge in [-0.3, -0.25) is 0 Å². The normalized spacial score (nSPS) is 22.8. The summed E-state index contributed by atoms with van der Waals surface area (Å²) in [7, 11) is 0. The van der Waals surface area contributed by atoms with Crippen LogP contribution in [0.2, 0.25) is 5.02 Å². The highest BCUT2D eigenvalue weighted by atomic mass is 35.5. The zero-order valence-electron chi connectivity index (χ0n) is 14.1. The third-order valence-corrected chi connectivity index (χ3v) is 5.06. The van der Waals surface area contributed by atoms with Gasteiger partial charge < -0.3 is 20.1 Å².